The first-order valence-corrected chi connectivity index (χ1v) is 6.70. The van der Waals surface area contributed by atoms with Gasteiger partial charge in [0.15, 0.2) is 0 Å². The largest absolute Gasteiger partial charge is 0.465 e. The molecule has 6 heteroatoms. The molecule has 1 heterocycles. The van der Waals surface area contributed by atoms with Gasteiger partial charge < -0.3 is 9.64 Å². The van der Waals surface area contributed by atoms with E-state index < -0.39 is 10.9 Å². The van der Waals surface area contributed by atoms with E-state index in [1.54, 1.807) is 12.1 Å². The molecular weight excluding hydrogens is 260 g/mol. The van der Waals surface area contributed by atoms with E-state index in [0.29, 0.717) is 0 Å². The summed E-state index contributed by atoms with van der Waals surface area (Å²) in [7, 11) is 1.23. The number of nitro benzene ring substituents is 1. The van der Waals surface area contributed by atoms with Crippen molar-refractivity contribution in [2.75, 3.05) is 26.7 Å². The van der Waals surface area contributed by atoms with Crippen LogP contribution >= 0.6 is 0 Å². The lowest BCUT2D eigenvalue weighted by Crippen LogP contribution is -2.22. The van der Waals surface area contributed by atoms with Crippen LogP contribution in [0.5, 0.6) is 0 Å². The van der Waals surface area contributed by atoms with Crippen molar-refractivity contribution < 1.29 is 14.5 Å². The van der Waals surface area contributed by atoms with Gasteiger partial charge >= 0.3 is 5.97 Å². The topological polar surface area (TPSA) is 72.7 Å². The molecule has 2 rings (SSSR count). The molecule has 108 valence electrons. The number of hydrogen-bond donors (Lipinski definition) is 0. The predicted molar refractivity (Wildman–Crippen MR) is 73.8 cm³/mol. The molecule has 0 radical (unpaired) electrons. The first-order valence-electron chi connectivity index (χ1n) is 6.70. The molecule has 0 atom stereocenters. The van der Waals surface area contributed by atoms with Gasteiger partial charge in [-0.3, -0.25) is 10.1 Å². The number of rotatable bonds is 5. The Balaban J connectivity index is 2.13. The molecule has 0 amide bonds. The second-order valence-electron chi connectivity index (χ2n) is 4.90. The van der Waals surface area contributed by atoms with Gasteiger partial charge in [0.2, 0.25) is 0 Å². The van der Waals surface area contributed by atoms with Crippen molar-refractivity contribution >= 4 is 11.7 Å². The Bertz CT molecular complexity index is 510. The summed E-state index contributed by atoms with van der Waals surface area (Å²) in [6.07, 6.45) is 3.24. The summed E-state index contributed by atoms with van der Waals surface area (Å²) < 4.78 is 4.61. The Morgan fingerprint density at radius 1 is 1.40 bits per heavy atom. The number of benzene rings is 1. The van der Waals surface area contributed by atoms with Crippen LogP contribution in [0.3, 0.4) is 0 Å². The van der Waals surface area contributed by atoms with Gasteiger partial charge in [0.1, 0.15) is 5.56 Å². The average Bonchev–Trinajstić information content (AvgIpc) is 2.97. The van der Waals surface area contributed by atoms with Crippen LogP contribution in [-0.2, 0) is 11.2 Å². The van der Waals surface area contributed by atoms with E-state index in [1.807, 2.05) is 0 Å². The Morgan fingerprint density at radius 3 is 2.70 bits per heavy atom. The molecule has 1 aromatic carbocycles. The summed E-state index contributed by atoms with van der Waals surface area (Å²) in [6, 6.07) is 4.66. The molecule has 1 saturated heterocycles. The third-order valence-corrected chi connectivity index (χ3v) is 3.58. The van der Waals surface area contributed by atoms with Crippen LogP contribution in [0, 0.1) is 10.1 Å². The molecule has 20 heavy (non-hydrogen) atoms. The fourth-order valence-electron chi connectivity index (χ4n) is 2.46. The predicted octanol–water partition coefficient (Wildman–Crippen LogP) is 2.02. The average molecular weight is 278 g/mol. The minimum Gasteiger partial charge on any atom is -0.465 e. The van der Waals surface area contributed by atoms with E-state index in [4.69, 9.17) is 0 Å². The van der Waals surface area contributed by atoms with Crippen molar-refractivity contribution in [3.63, 3.8) is 0 Å². The standard InChI is InChI=1S/C14H18N2O4/c1-20-14(17)12-10-11(4-5-13(12)16(18)19)6-9-15-7-2-3-8-15/h4-5,10H,2-3,6-9H2,1H3. The van der Waals surface area contributed by atoms with Crippen LogP contribution < -0.4 is 0 Å². The van der Waals surface area contributed by atoms with Gasteiger partial charge in [-0.15, -0.1) is 0 Å². The number of nitro groups is 1. The molecule has 6 nitrogen and oxygen atoms in total. The number of carbonyl (C=O) groups is 1. The van der Waals surface area contributed by atoms with Gasteiger partial charge in [0.25, 0.3) is 5.69 Å². The molecule has 0 spiro atoms. The SMILES string of the molecule is COC(=O)c1cc(CCN2CCCC2)ccc1[N+](=O)[O-]. The van der Waals surface area contributed by atoms with Crippen molar-refractivity contribution in [3.8, 4) is 0 Å². The number of methoxy groups -OCH3 is 1. The zero-order chi connectivity index (χ0) is 14.5. The maximum absolute atomic E-state index is 11.6. The zero-order valence-corrected chi connectivity index (χ0v) is 11.5. The minimum atomic E-state index is -0.667. The Hall–Kier alpha value is -1.95. The van der Waals surface area contributed by atoms with Gasteiger partial charge in [-0.25, -0.2) is 4.79 Å². The molecule has 1 fully saturated rings. The van der Waals surface area contributed by atoms with Gasteiger partial charge in [0, 0.05) is 12.6 Å². The number of esters is 1. The lowest BCUT2D eigenvalue weighted by molar-refractivity contribution is -0.385. The number of nitrogens with zero attached hydrogens (tertiary/aromatic N) is 2. The van der Waals surface area contributed by atoms with Crippen LogP contribution in [0.25, 0.3) is 0 Å². The summed E-state index contributed by atoms with van der Waals surface area (Å²) in [6.45, 7) is 3.13. The third kappa shape index (κ3) is 3.33. The summed E-state index contributed by atoms with van der Waals surface area (Å²) in [5.41, 5.74) is 0.737. The highest BCUT2D eigenvalue weighted by Crippen LogP contribution is 2.21. The van der Waals surface area contributed by atoms with Gasteiger partial charge in [0.05, 0.1) is 12.0 Å². The number of hydrogen-bond acceptors (Lipinski definition) is 5. The van der Waals surface area contributed by atoms with Gasteiger partial charge in [-0.05, 0) is 44.0 Å². The van der Waals surface area contributed by atoms with E-state index in [9.17, 15) is 14.9 Å². The molecule has 1 aromatic rings. The normalized spacial score (nSPS) is 15.2. The third-order valence-electron chi connectivity index (χ3n) is 3.58. The highest BCUT2D eigenvalue weighted by molar-refractivity contribution is 5.94. The fraction of sp³-hybridized carbons (Fsp3) is 0.500. The summed E-state index contributed by atoms with van der Waals surface area (Å²) in [4.78, 5) is 24.3. The second-order valence-corrected chi connectivity index (χ2v) is 4.90. The highest BCUT2D eigenvalue weighted by atomic mass is 16.6. The van der Waals surface area contributed by atoms with Crippen molar-refractivity contribution in [3.05, 3.63) is 39.4 Å². The molecule has 0 aromatic heterocycles. The molecule has 0 bridgehead atoms. The van der Waals surface area contributed by atoms with Crippen LogP contribution in [0.2, 0.25) is 0 Å². The van der Waals surface area contributed by atoms with E-state index in [-0.39, 0.29) is 11.3 Å². The van der Waals surface area contributed by atoms with E-state index in [2.05, 4.69) is 9.64 Å². The molecule has 0 unspecified atom stereocenters. The van der Waals surface area contributed by atoms with Gasteiger partial charge in [-0.1, -0.05) is 6.07 Å². The summed E-state index contributed by atoms with van der Waals surface area (Å²) in [5, 5.41) is 10.9. The quantitative estimate of drug-likeness (QED) is 0.468. The van der Waals surface area contributed by atoms with Crippen molar-refractivity contribution in [1.29, 1.82) is 0 Å². The molecule has 0 saturated carbocycles. The molecular formula is C14H18N2O4. The summed E-state index contributed by atoms with van der Waals surface area (Å²) in [5.74, 6) is -0.667. The van der Waals surface area contributed by atoms with Crippen molar-refractivity contribution in [2.45, 2.75) is 19.3 Å². The number of likely N-dealkylation sites (tertiary alicyclic amines) is 1. The van der Waals surface area contributed by atoms with E-state index >= 15 is 0 Å². The van der Waals surface area contributed by atoms with Crippen LogP contribution in [0.15, 0.2) is 18.2 Å². The lowest BCUT2D eigenvalue weighted by atomic mass is 10.1. The minimum absolute atomic E-state index is 0.0245. The highest BCUT2D eigenvalue weighted by Gasteiger charge is 2.21. The molecule has 0 aliphatic carbocycles. The summed E-state index contributed by atoms with van der Waals surface area (Å²) >= 11 is 0. The maximum Gasteiger partial charge on any atom is 0.344 e. The number of carbonyl (C=O) groups excluding carboxylic acids is 1. The van der Waals surface area contributed by atoms with E-state index in [1.165, 1.54) is 26.0 Å². The fourth-order valence-corrected chi connectivity index (χ4v) is 2.46. The smallest absolute Gasteiger partial charge is 0.344 e. The molecule has 1 aliphatic rings. The Labute approximate surface area is 117 Å². The molecule has 1 aliphatic heterocycles. The first-order chi connectivity index (χ1) is 9.61. The van der Waals surface area contributed by atoms with E-state index in [0.717, 1.165) is 31.6 Å². The Kier molecular flexibility index (Phi) is 4.68. The lowest BCUT2D eigenvalue weighted by Gasteiger charge is -2.14. The maximum atomic E-state index is 11.6. The number of ether oxygens (including phenoxy) is 1. The first kappa shape index (κ1) is 14.5. The van der Waals surface area contributed by atoms with Gasteiger partial charge in [-0.2, -0.15) is 0 Å². The van der Waals surface area contributed by atoms with Crippen molar-refractivity contribution in [2.24, 2.45) is 0 Å². The Morgan fingerprint density at radius 2 is 2.10 bits per heavy atom. The van der Waals surface area contributed by atoms with Crippen LogP contribution in [0.1, 0.15) is 28.8 Å². The second kappa shape index (κ2) is 6.47. The molecule has 0 N–H and O–H groups in total. The van der Waals surface area contributed by atoms with Crippen LogP contribution in [0.4, 0.5) is 5.69 Å². The zero-order valence-electron chi connectivity index (χ0n) is 11.5. The monoisotopic (exact) mass is 278 g/mol. The van der Waals surface area contributed by atoms with Crippen LogP contribution in [-0.4, -0.2) is 42.5 Å². The van der Waals surface area contributed by atoms with Crippen molar-refractivity contribution in [1.82, 2.24) is 4.90 Å².